The summed E-state index contributed by atoms with van der Waals surface area (Å²) in [4.78, 5) is 31.0. The first-order valence-corrected chi connectivity index (χ1v) is 11.9. The maximum Gasteiger partial charge on any atom is 0.317 e. The Labute approximate surface area is 205 Å². The van der Waals surface area contributed by atoms with Gasteiger partial charge in [0.1, 0.15) is 11.6 Å². The molecule has 1 N–H and O–H groups in total. The van der Waals surface area contributed by atoms with E-state index in [-0.39, 0.29) is 30.4 Å². The minimum atomic E-state index is -0.298. The molecule has 9 heteroatoms. The lowest BCUT2D eigenvalue weighted by molar-refractivity contribution is -0.135. The summed E-state index contributed by atoms with van der Waals surface area (Å²) in [6.07, 6.45) is 0. The van der Waals surface area contributed by atoms with Crippen molar-refractivity contribution < 1.29 is 18.7 Å². The number of urea groups is 1. The molecule has 2 aromatic rings. The maximum absolute atomic E-state index is 13.2. The molecule has 3 amide bonds. The number of rotatable bonds is 9. The lowest BCUT2D eigenvalue weighted by Gasteiger charge is -2.36. The minimum absolute atomic E-state index is 0.0115. The second-order valence-corrected chi connectivity index (χ2v) is 9.05. The fourth-order valence-electron chi connectivity index (χ4n) is 3.65. The van der Waals surface area contributed by atoms with E-state index in [0.29, 0.717) is 43.5 Å². The van der Waals surface area contributed by atoms with Crippen molar-refractivity contribution in [2.24, 2.45) is 0 Å². The number of halogens is 2. The standard InChI is InChI=1S/C25H32ClFN4O3/c1-19(2)28-25(33)31(17-20-3-7-22(27)8-4-20)16-13-29-11-14-30(15-12-29)24(32)18-34-23-9-5-21(26)6-10-23/h3-10,19H,11-18H2,1-2H3,(H,28,33). The Morgan fingerprint density at radius 1 is 1.06 bits per heavy atom. The topological polar surface area (TPSA) is 65.1 Å². The van der Waals surface area contributed by atoms with E-state index in [4.69, 9.17) is 16.3 Å². The van der Waals surface area contributed by atoms with E-state index in [9.17, 15) is 14.0 Å². The van der Waals surface area contributed by atoms with Gasteiger partial charge in [0.05, 0.1) is 0 Å². The van der Waals surface area contributed by atoms with E-state index in [1.807, 2.05) is 13.8 Å². The van der Waals surface area contributed by atoms with Crippen LogP contribution < -0.4 is 10.1 Å². The molecular formula is C25H32ClFN4O3. The third-order valence-corrected chi connectivity index (χ3v) is 5.83. The van der Waals surface area contributed by atoms with Gasteiger partial charge < -0.3 is 19.9 Å². The van der Waals surface area contributed by atoms with Crippen molar-refractivity contribution in [3.63, 3.8) is 0 Å². The quantitative estimate of drug-likeness (QED) is 0.583. The molecule has 2 aromatic carbocycles. The molecule has 1 aliphatic rings. The van der Waals surface area contributed by atoms with E-state index in [1.54, 1.807) is 46.2 Å². The smallest absolute Gasteiger partial charge is 0.317 e. The number of nitrogens with one attached hydrogen (secondary N) is 1. The predicted molar refractivity (Wildman–Crippen MR) is 130 cm³/mol. The largest absolute Gasteiger partial charge is 0.484 e. The van der Waals surface area contributed by atoms with E-state index in [0.717, 1.165) is 18.7 Å². The van der Waals surface area contributed by atoms with Gasteiger partial charge in [-0.1, -0.05) is 23.7 Å². The molecule has 0 atom stereocenters. The zero-order chi connectivity index (χ0) is 24.5. The Balaban J connectivity index is 1.45. The van der Waals surface area contributed by atoms with Crippen molar-refractivity contribution in [2.45, 2.75) is 26.4 Å². The summed E-state index contributed by atoms with van der Waals surface area (Å²) in [7, 11) is 0. The van der Waals surface area contributed by atoms with Gasteiger partial charge in [0.2, 0.25) is 0 Å². The summed E-state index contributed by atoms with van der Waals surface area (Å²) in [5.41, 5.74) is 0.872. The molecule has 0 aromatic heterocycles. The molecule has 0 saturated carbocycles. The van der Waals surface area contributed by atoms with E-state index >= 15 is 0 Å². The Morgan fingerprint density at radius 3 is 2.32 bits per heavy atom. The van der Waals surface area contributed by atoms with Crippen LogP contribution in [0, 0.1) is 5.82 Å². The summed E-state index contributed by atoms with van der Waals surface area (Å²) in [5, 5.41) is 3.55. The zero-order valence-corrected chi connectivity index (χ0v) is 20.4. The van der Waals surface area contributed by atoms with Gasteiger partial charge in [0, 0.05) is 56.9 Å². The number of carbonyl (C=O) groups excluding carboxylic acids is 2. The fraction of sp³-hybridized carbons (Fsp3) is 0.440. The fourth-order valence-corrected chi connectivity index (χ4v) is 3.78. The SMILES string of the molecule is CC(C)NC(=O)N(CCN1CCN(C(=O)COc2ccc(Cl)cc2)CC1)Cc1ccc(F)cc1. The average molecular weight is 491 g/mol. The maximum atomic E-state index is 13.2. The molecule has 0 radical (unpaired) electrons. The van der Waals surface area contributed by atoms with E-state index in [1.165, 1.54) is 12.1 Å². The lowest BCUT2D eigenvalue weighted by atomic mass is 10.2. The van der Waals surface area contributed by atoms with Crippen molar-refractivity contribution in [1.82, 2.24) is 20.0 Å². The number of benzene rings is 2. The van der Waals surface area contributed by atoms with Crippen LogP contribution in [0.1, 0.15) is 19.4 Å². The normalized spacial score (nSPS) is 14.2. The van der Waals surface area contributed by atoms with Crippen LogP contribution in [0.3, 0.4) is 0 Å². The van der Waals surface area contributed by atoms with Crippen molar-refractivity contribution in [1.29, 1.82) is 0 Å². The highest BCUT2D eigenvalue weighted by Gasteiger charge is 2.23. The van der Waals surface area contributed by atoms with Gasteiger partial charge in [0.25, 0.3) is 5.91 Å². The first-order valence-electron chi connectivity index (χ1n) is 11.5. The molecule has 34 heavy (non-hydrogen) atoms. The van der Waals surface area contributed by atoms with Gasteiger partial charge in [0.15, 0.2) is 6.61 Å². The first-order chi connectivity index (χ1) is 16.3. The van der Waals surface area contributed by atoms with Crippen LogP contribution in [0.4, 0.5) is 9.18 Å². The van der Waals surface area contributed by atoms with Crippen LogP contribution in [0.15, 0.2) is 48.5 Å². The van der Waals surface area contributed by atoms with Crippen molar-refractivity contribution in [2.75, 3.05) is 45.9 Å². The van der Waals surface area contributed by atoms with Gasteiger partial charge in [-0.25, -0.2) is 9.18 Å². The Kier molecular flexibility index (Phi) is 9.53. The minimum Gasteiger partial charge on any atom is -0.484 e. The van der Waals surface area contributed by atoms with Crippen LogP contribution in [0.2, 0.25) is 5.02 Å². The lowest BCUT2D eigenvalue weighted by Crippen LogP contribution is -2.52. The first kappa shape index (κ1) is 25.8. The average Bonchev–Trinajstić information content (AvgIpc) is 2.82. The Hall–Kier alpha value is -2.84. The highest BCUT2D eigenvalue weighted by Crippen LogP contribution is 2.16. The molecule has 1 aliphatic heterocycles. The van der Waals surface area contributed by atoms with Crippen LogP contribution in [-0.4, -0.2) is 78.6 Å². The van der Waals surface area contributed by atoms with Gasteiger partial charge in [-0.15, -0.1) is 0 Å². The van der Waals surface area contributed by atoms with E-state index < -0.39 is 0 Å². The van der Waals surface area contributed by atoms with Crippen LogP contribution in [-0.2, 0) is 11.3 Å². The summed E-state index contributed by atoms with van der Waals surface area (Å²) >= 11 is 5.87. The highest BCUT2D eigenvalue weighted by molar-refractivity contribution is 6.30. The van der Waals surface area contributed by atoms with E-state index in [2.05, 4.69) is 10.2 Å². The van der Waals surface area contributed by atoms with Crippen molar-refractivity contribution >= 4 is 23.5 Å². The van der Waals surface area contributed by atoms with Crippen LogP contribution >= 0.6 is 11.6 Å². The number of hydrogen-bond acceptors (Lipinski definition) is 4. The third kappa shape index (κ3) is 8.18. The number of piperazine rings is 1. The molecule has 0 spiro atoms. The van der Waals surface area contributed by atoms with Gasteiger partial charge >= 0.3 is 6.03 Å². The summed E-state index contributed by atoms with van der Waals surface area (Å²) in [6.45, 7) is 8.12. The molecule has 1 heterocycles. The van der Waals surface area contributed by atoms with Gasteiger partial charge in [-0.3, -0.25) is 9.69 Å². The van der Waals surface area contributed by atoms with Gasteiger partial charge in [-0.2, -0.15) is 0 Å². The Morgan fingerprint density at radius 2 is 1.71 bits per heavy atom. The second-order valence-electron chi connectivity index (χ2n) is 8.62. The van der Waals surface area contributed by atoms with Crippen LogP contribution in [0.5, 0.6) is 5.75 Å². The molecule has 184 valence electrons. The monoisotopic (exact) mass is 490 g/mol. The molecule has 7 nitrogen and oxygen atoms in total. The number of carbonyl (C=O) groups is 2. The number of nitrogens with zero attached hydrogens (tertiary/aromatic N) is 3. The van der Waals surface area contributed by atoms with Gasteiger partial charge in [-0.05, 0) is 55.8 Å². The molecule has 0 bridgehead atoms. The molecule has 3 rings (SSSR count). The summed E-state index contributed by atoms with van der Waals surface area (Å²) in [5.74, 6) is 0.258. The summed E-state index contributed by atoms with van der Waals surface area (Å²) < 4.78 is 18.8. The van der Waals surface area contributed by atoms with Crippen molar-refractivity contribution in [3.8, 4) is 5.75 Å². The van der Waals surface area contributed by atoms with Crippen molar-refractivity contribution in [3.05, 3.63) is 64.9 Å². The molecule has 0 unspecified atom stereocenters. The zero-order valence-electron chi connectivity index (χ0n) is 19.7. The third-order valence-electron chi connectivity index (χ3n) is 5.57. The molecular weight excluding hydrogens is 459 g/mol. The molecule has 1 saturated heterocycles. The number of hydrogen-bond donors (Lipinski definition) is 1. The Bertz CT molecular complexity index is 932. The highest BCUT2D eigenvalue weighted by atomic mass is 35.5. The number of amides is 3. The number of ether oxygens (including phenoxy) is 1. The molecule has 0 aliphatic carbocycles. The summed E-state index contributed by atoms with van der Waals surface area (Å²) in [6, 6.07) is 13.0. The second kappa shape index (κ2) is 12.6. The predicted octanol–water partition coefficient (Wildman–Crippen LogP) is 3.62. The van der Waals surface area contributed by atoms with Crippen LogP contribution in [0.25, 0.3) is 0 Å². The molecule has 1 fully saturated rings.